The lowest BCUT2D eigenvalue weighted by molar-refractivity contribution is -0.145. The molecule has 0 rings (SSSR count). The number of Topliss-reactive ketones (excluding diaryl/α,β-unsaturated/α-hetero) is 1. The fourth-order valence-corrected chi connectivity index (χ4v) is 1.49. The second-order valence-corrected chi connectivity index (χ2v) is 4.05. The van der Waals surface area contributed by atoms with E-state index >= 15 is 0 Å². The number of hydrogen-bond acceptors (Lipinski definition) is 5. The average Bonchev–Trinajstić information content (AvgIpc) is 2.25. The van der Waals surface area contributed by atoms with Gasteiger partial charge in [0.05, 0.1) is 19.7 Å². The molecule has 6 heteroatoms. The average molecular weight is 258 g/mol. The van der Waals surface area contributed by atoms with Gasteiger partial charge in [0.25, 0.3) is 0 Å². The molecule has 0 aliphatic carbocycles. The number of ether oxygens (including phenoxy) is 1. The van der Waals surface area contributed by atoms with Gasteiger partial charge < -0.3 is 10.5 Å². The number of amides is 1. The van der Waals surface area contributed by atoms with Crippen LogP contribution in [0.15, 0.2) is 0 Å². The smallest absolute Gasteiger partial charge is 0.313 e. The quantitative estimate of drug-likeness (QED) is 0.443. The summed E-state index contributed by atoms with van der Waals surface area (Å²) in [5, 5.41) is 0. The van der Waals surface area contributed by atoms with Crippen LogP contribution < -0.4 is 5.73 Å². The van der Waals surface area contributed by atoms with Crippen molar-refractivity contribution in [3.8, 4) is 0 Å². The molecule has 0 aliphatic rings. The third-order valence-electron chi connectivity index (χ3n) is 2.25. The lowest BCUT2D eigenvalue weighted by Gasteiger charge is -2.19. The molecule has 0 saturated carbocycles. The molecule has 0 atom stereocenters. The summed E-state index contributed by atoms with van der Waals surface area (Å²) in [5.41, 5.74) is 5.11. The Morgan fingerprint density at radius 2 is 1.83 bits per heavy atom. The van der Waals surface area contributed by atoms with Crippen molar-refractivity contribution >= 4 is 17.7 Å². The zero-order valence-corrected chi connectivity index (χ0v) is 11.1. The van der Waals surface area contributed by atoms with Gasteiger partial charge in [0.15, 0.2) is 5.78 Å². The third-order valence-corrected chi connectivity index (χ3v) is 2.25. The summed E-state index contributed by atoms with van der Waals surface area (Å²) in [7, 11) is 0. The predicted octanol–water partition coefficient (Wildman–Crippen LogP) is 0.0961. The summed E-state index contributed by atoms with van der Waals surface area (Å²) in [6.07, 6.45) is 1.58. The zero-order chi connectivity index (χ0) is 14.0. The Balaban J connectivity index is 4.16. The summed E-state index contributed by atoms with van der Waals surface area (Å²) in [6.45, 7) is 4.67. The van der Waals surface area contributed by atoms with E-state index in [1.807, 2.05) is 6.92 Å². The van der Waals surface area contributed by atoms with Gasteiger partial charge in [-0.05, 0) is 19.9 Å². The van der Waals surface area contributed by atoms with Crippen LogP contribution in [0.2, 0.25) is 0 Å². The molecular weight excluding hydrogens is 236 g/mol. The Bertz CT molecular complexity index is 292. The van der Waals surface area contributed by atoms with E-state index in [1.54, 1.807) is 11.8 Å². The molecule has 0 spiro atoms. The molecule has 104 valence electrons. The van der Waals surface area contributed by atoms with Gasteiger partial charge in [-0.1, -0.05) is 13.3 Å². The van der Waals surface area contributed by atoms with Gasteiger partial charge in [-0.25, -0.2) is 0 Å². The number of rotatable bonds is 10. The Morgan fingerprint density at radius 3 is 2.33 bits per heavy atom. The lowest BCUT2D eigenvalue weighted by Crippen LogP contribution is -2.38. The summed E-state index contributed by atoms with van der Waals surface area (Å²) < 4.78 is 4.69. The largest absolute Gasteiger partial charge is 0.466 e. The summed E-state index contributed by atoms with van der Waals surface area (Å²) >= 11 is 0. The van der Waals surface area contributed by atoms with Crippen LogP contribution >= 0.6 is 0 Å². The highest BCUT2D eigenvalue weighted by Gasteiger charge is 2.16. The number of ketones is 1. The fourth-order valence-electron chi connectivity index (χ4n) is 1.49. The SMILES string of the molecule is CCCCN(CC(N)=O)CC(=O)CC(=O)OCC. The Labute approximate surface area is 107 Å². The maximum atomic E-state index is 11.6. The molecule has 0 aromatic heterocycles. The maximum absolute atomic E-state index is 11.6. The van der Waals surface area contributed by atoms with Crippen LogP contribution in [0.1, 0.15) is 33.1 Å². The van der Waals surface area contributed by atoms with Gasteiger partial charge in [-0.2, -0.15) is 0 Å². The van der Waals surface area contributed by atoms with Crippen molar-refractivity contribution in [1.82, 2.24) is 4.90 Å². The van der Waals surface area contributed by atoms with Crippen molar-refractivity contribution in [2.24, 2.45) is 5.73 Å². The lowest BCUT2D eigenvalue weighted by atomic mass is 10.2. The molecule has 6 nitrogen and oxygen atoms in total. The molecule has 0 aromatic rings. The molecule has 1 amide bonds. The number of nitrogens with two attached hydrogens (primary N) is 1. The minimum absolute atomic E-state index is 0.0363. The van der Waals surface area contributed by atoms with E-state index in [0.29, 0.717) is 6.54 Å². The molecule has 2 N–H and O–H groups in total. The van der Waals surface area contributed by atoms with E-state index in [4.69, 9.17) is 5.73 Å². The fraction of sp³-hybridized carbons (Fsp3) is 0.750. The second-order valence-electron chi connectivity index (χ2n) is 4.05. The highest BCUT2D eigenvalue weighted by molar-refractivity contribution is 5.96. The minimum atomic E-state index is -0.531. The molecule has 0 radical (unpaired) electrons. The molecule has 0 fully saturated rings. The number of primary amides is 1. The number of esters is 1. The first-order chi connectivity index (χ1) is 8.49. The topological polar surface area (TPSA) is 89.7 Å². The summed E-state index contributed by atoms with van der Waals surface area (Å²) in [5.74, 6) is -1.27. The first-order valence-electron chi connectivity index (χ1n) is 6.17. The number of carbonyl (C=O) groups excluding carboxylic acids is 3. The van der Waals surface area contributed by atoms with Crippen LogP contribution in [0.25, 0.3) is 0 Å². The molecule has 0 saturated heterocycles. The van der Waals surface area contributed by atoms with Crippen LogP contribution in [-0.2, 0) is 19.1 Å². The Kier molecular flexibility index (Phi) is 8.82. The van der Waals surface area contributed by atoms with E-state index in [2.05, 4.69) is 4.74 Å². The van der Waals surface area contributed by atoms with Gasteiger partial charge in [-0.3, -0.25) is 19.3 Å². The molecule has 18 heavy (non-hydrogen) atoms. The predicted molar refractivity (Wildman–Crippen MR) is 66.8 cm³/mol. The molecule has 0 aliphatic heterocycles. The van der Waals surface area contributed by atoms with Crippen LogP contribution in [0, 0.1) is 0 Å². The van der Waals surface area contributed by atoms with Crippen molar-refractivity contribution in [3.05, 3.63) is 0 Å². The monoisotopic (exact) mass is 258 g/mol. The van der Waals surface area contributed by atoms with E-state index in [1.165, 1.54) is 0 Å². The molecule has 0 bridgehead atoms. The molecular formula is C12H22N2O4. The van der Waals surface area contributed by atoms with Crippen molar-refractivity contribution in [2.75, 3.05) is 26.2 Å². The van der Waals surface area contributed by atoms with Gasteiger partial charge >= 0.3 is 5.97 Å². The number of unbranched alkanes of at least 4 members (excludes halogenated alkanes) is 1. The van der Waals surface area contributed by atoms with Crippen LogP contribution in [0.5, 0.6) is 0 Å². The van der Waals surface area contributed by atoms with Gasteiger partial charge in [0.2, 0.25) is 5.91 Å². The molecule has 0 heterocycles. The standard InChI is InChI=1S/C12H22N2O4/c1-3-5-6-14(9-11(13)16)8-10(15)7-12(17)18-4-2/h3-9H2,1-2H3,(H2,13,16). The number of carbonyl (C=O) groups is 3. The van der Waals surface area contributed by atoms with E-state index in [-0.39, 0.29) is 31.9 Å². The van der Waals surface area contributed by atoms with E-state index in [9.17, 15) is 14.4 Å². The molecule has 0 unspecified atom stereocenters. The van der Waals surface area contributed by atoms with Gasteiger partial charge in [0.1, 0.15) is 6.42 Å². The van der Waals surface area contributed by atoms with Crippen LogP contribution in [0.4, 0.5) is 0 Å². The number of nitrogens with zero attached hydrogens (tertiary/aromatic N) is 1. The van der Waals surface area contributed by atoms with E-state index < -0.39 is 11.9 Å². The van der Waals surface area contributed by atoms with Gasteiger partial charge in [0, 0.05) is 0 Å². The number of hydrogen-bond donors (Lipinski definition) is 1. The summed E-state index contributed by atoms with van der Waals surface area (Å²) in [6, 6.07) is 0. The van der Waals surface area contributed by atoms with Gasteiger partial charge in [-0.15, -0.1) is 0 Å². The van der Waals surface area contributed by atoms with Crippen molar-refractivity contribution < 1.29 is 19.1 Å². The summed E-state index contributed by atoms with van der Waals surface area (Å²) in [4.78, 5) is 35.2. The maximum Gasteiger partial charge on any atom is 0.313 e. The van der Waals surface area contributed by atoms with Crippen LogP contribution in [-0.4, -0.2) is 48.8 Å². The highest BCUT2D eigenvalue weighted by atomic mass is 16.5. The molecule has 0 aromatic carbocycles. The second kappa shape index (κ2) is 9.58. The van der Waals surface area contributed by atoms with Crippen molar-refractivity contribution in [1.29, 1.82) is 0 Å². The third kappa shape index (κ3) is 8.69. The Morgan fingerprint density at radius 1 is 1.17 bits per heavy atom. The first-order valence-corrected chi connectivity index (χ1v) is 6.17. The zero-order valence-electron chi connectivity index (χ0n) is 11.1. The van der Waals surface area contributed by atoms with Crippen molar-refractivity contribution in [2.45, 2.75) is 33.1 Å². The van der Waals surface area contributed by atoms with Crippen molar-refractivity contribution in [3.63, 3.8) is 0 Å². The van der Waals surface area contributed by atoms with Crippen LogP contribution in [0.3, 0.4) is 0 Å². The van der Waals surface area contributed by atoms with E-state index in [0.717, 1.165) is 12.8 Å². The minimum Gasteiger partial charge on any atom is -0.466 e. The highest BCUT2D eigenvalue weighted by Crippen LogP contribution is 1.98. The normalized spacial score (nSPS) is 10.4. The Hall–Kier alpha value is -1.43. The first kappa shape index (κ1) is 16.6.